The number of nitrogen functional groups attached to an aromatic ring is 1. The van der Waals surface area contributed by atoms with Gasteiger partial charge in [0.1, 0.15) is 0 Å². The zero-order valence-corrected chi connectivity index (χ0v) is 8.83. The summed E-state index contributed by atoms with van der Waals surface area (Å²) in [5.74, 6) is -0.385. The Labute approximate surface area is 89.8 Å². The highest BCUT2D eigenvalue weighted by Crippen LogP contribution is 2.36. The van der Waals surface area contributed by atoms with E-state index in [1.54, 1.807) is 6.92 Å². The molecule has 1 rings (SSSR count). The average molecular weight is 240 g/mol. The van der Waals surface area contributed by atoms with Crippen LogP contribution in [0.5, 0.6) is 5.75 Å². The second kappa shape index (κ2) is 3.81. The third-order valence-electron chi connectivity index (χ3n) is 2.02. The molecule has 1 aromatic rings. The van der Waals surface area contributed by atoms with Gasteiger partial charge in [0, 0.05) is 5.02 Å². The highest BCUT2D eigenvalue weighted by molar-refractivity contribution is 6.31. The van der Waals surface area contributed by atoms with E-state index in [9.17, 15) is 13.2 Å². The minimum Gasteiger partial charge on any atom is -0.403 e. The van der Waals surface area contributed by atoms with Crippen molar-refractivity contribution in [3.05, 3.63) is 22.2 Å². The van der Waals surface area contributed by atoms with Gasteiger partial charge in [0.15, 0.2) is 5.75 Å². The molecule has 0 saturated heterocycles. The molecule has 2 N–H and O–H groups in total. The minimum absolute atomic E-state index is 0.125. The van der Waals surface area contributed by atoms with Crippen molar-refractivity contribution in [3.63, 3.8) is 0 Å². The molecule has 0 aliphatic heterocycles. The molecule has 6 heteroatoms. The maximum Gasteiger partial charge on any atom is 0.573 e. The summed E-state index contributed by atoms with van der Waals surface area (Å²) in [6, 6.07) is 1.24. The second-order valence-electron chi connectivity index (χ2n) is 3.07. The standard InChI is InChI=1S/C9H9ClF3NO/c1-4-5(2)8(15-9(11,12)13)7(14)3-6(4)10/h3H,14H2,1-2H3. The summed E-state index contributed by atoms with van der Waals surface area (Å²) >= 11 is 5.75. The van der Waals surface area contributed by atoms with E-state index >= 15 is 0 Å². The van der Waals surface area contributed by atoms with Crippen LogP contribution in [0.25, 0.3) is 0 Å². The van der Waals surface area contributed by atoms with Crippen LogP contribution in [0.3, 0.4) is 0 Å². The van der Waals surface area contributed by atoms with Crippen LogP contribution < -0.4 is 10.5 Å². The molecule has 0 fully saturated rings. The Morgan fingerprint density at radius 1 is 1.27 bits per heavy atom. The van der Waals surface area contributed by atoms with E-state index in [0.717, 1.165) is 0 Å². The van der Waals surface area contributed by atoms with Gasteiger partial charge in [-0.2, -0.15) is 0 Å². The smallest absolute Gasteiger partial charge is 0.403 e. The first-order valence-electron chi connectivity index (χ1n) is 4.03. The maximum atomic E-state index is 12.0. The third-order valence-corrected chi connectivity index (χ3v) is 2.42. The molecule has 0 unspecified atom stereocenters. The van der Waals surface area contributed by atoms with E-state index < -0.39 is 6.36 Å². The summed E-state index contributed by atoms with van der Waals surface area (Å²) in [5.41, 5.74) is 6.07. The molecule has 0 atom stereocenters. The average Bonchev–Trinajstić information content (AvgIpc) is 2.07. The summed E-state index contributed by atoms with van der Waals surface area (Å²) in [4.78, 5) is 0. The fourth-order valence-corrected chi connectivity index (χ4v) is 1.39. The van der Waals surface area contributed by atoms with Gasteiger partial charge < -0.3 is 10.5 Å². The number of hydrogen-bond donors (Lipinski definition) is 1. The molecule has 0 amide bonds. The van der Waals surface area contributed by atoms with E-state index in [2.05, 4.69) is 4.74 Å². The van der Waals surface area contributed by atoms with Gasteiger partial charge in [0.2, 0.25) is 0 Å². The lowest BCUT2D eigenvalue weighted by molar-refractivity contribution is -0.274. The highest BCUT2D eigenvalue weighted by Gasteiger charge is 2.33. The number of hydrogen-bond acceptors (Lipinski definition) is 2. The molecule has 0 aliphatic carbocycles. The molecular weight excluding hydrogens is 231 g/mol. The Morgan fingerprint density at radius 2 is 1.80 bits per heavy atom. The van der Waals surface area contributed by atoms with Crippen LogP contribution in [0.4, 0.5) is 18.9 Å². The van der Waals surface area contributed by atoms with Crippen molar-refractivity contribution in [2.75, 3.05) is 5.73 Å². The Bertz CT molecular complexity index is 390. The number of benzene rings is 1. The van der Waals surface area contributed by atoms with E-state index in [1.165, 1.54) is 13.0 Å². The fourth-order valence-electron chi connectivity index (χ4n) is 1.13. The van der Waals surface area contributed by atoms with Crippen LogP contribution in [-0.4, -0.2) is 6.36 Å². The molecule has 0 bridgehead atoms. The molecule has 84 valence electrons. The monoisotopic (exact) mass is 239 g/mol. The number of ether oxygens (including phenoxy) is 1. The Balaban J connectivity index is 3.24. The quantitative estimate of drug-likeness (QED) is 0.762. The van der Waals surface area contributed by atoms with Crippen LogP contribution >= 0.6 is 11.6 Å². The Kier molecular flexibility index (Phi) is 3.04. The number of alkyl halides is 3. The van der Waals surface area contributed by atoms with E-state index in [-0.39, 0.29) is 17.0 Å². The van der Waals surface area contributed by atoms with Gasteiger partial charge in [-0.1, -0.05) is 11.6 Å². The molecular formula is C9H9ClF3NO. The number of anilines is 1. The van der Waals surface area contributed by atoms with E-state index in [0.29, 0.717) is 10.6 Å². The van der Waals surface area contributed by atoms with Crippen LogP contribution in [0.15, 0.2) is 6.07 Å². The van der Waals surface area contributed by atoms with Crippen molar-refractivity contribution in [2.24, 2.45) is 0 Å². The first kappa shape index (κ1) is 12.0. The van der Waals surface area contributed by atoms with E-state index in [1.807, 2.05) is 0 Å². The van der Waals surface area contributed by atoms with Crippen molar-refractivity contribution in [3.8, 4) is 5.75 Å². The molecule has 0 aromatic heterocycles. The van der Waals surface area contributed by atoms with Crippen LogP contribution in [0, 0.1) is 13.8 Å². The predicted molar refractivity (Wildman–Crippen MR) is 52.0 cm³/mol. The van der Waals surface area contributed by atoms with Crippen molar-refractivity contribution in [1.82, 2.24) is 0 Å². The molecule has 0 heterocycles. The van der Waals surface area contributed by atoms with Gasteiger partial charge in [-0.25, -0.2) is 0 Å². The van der Waals surface area contributed by atoms with Crippen LogP contribution in [-0.2, 0) is 0 Å². The maximum absolute atomic E-state index is 12.0. The van der Waals surface area contributed by atoms with Gasteiger partial charge in [-0.15, -0.1) is 13.2 Å². The van der Waals surface area contributed by atoms with Crippen LogP contribution in [0.2, 0.25) is 5.02 Å². The lowest BCUT2D eigenvalue weighted by Gasteiger charge is -2.15. The number of rotatable bonds is 1. The summed E-state index contributed by atoms with van der Waals surface area (Å²) < 4.78 is 39.9. The first-order valence-corrected chi connectivity index (χ1v) is 4.41. The van der Waals surface area contributed by atoms with Gasteiger partial charge >= 0.3 is 6.36 Å². The van der Waals surface area contributed by atoms with E-state index in [4.69, 9.17) is 17.3 Å². The molecule has 2 nitrogen and oxygen atoms in total. The number of nitrogens with two attached hydrogens (primary N) is 1. The molecule has 0 spiro atoms. The highest BCUT2D eigenvalue weighted by atomic mass is 35.5. The van der Waals surface area contributed by atoms with Gasteiger partial charge in [0.25, 0.3) is 0 Å². The zero-order valence-electron chi connectivity index (χ0n) is 8.07. The van der Waals surface area contributed by atoms with Crippen molar-refractivity contribution < 1.29 is 17.9 Å². The van der Waals surface area contributed by atoms with Crippen molar-refractivity contribution in [1.29, 1.82) is 0 Å². The lowest BCUT2D eigenvalue weighted by Crippen LogP contribution is -2.19. The summed E-state index contributed by atoms with van der Waals surface area (Å²) in [5, 5.41) is 0.319. The largest absolute Gasteiger partial charge is 0.573 e. The Morgan fingerprint density at radius 3 is 2.27 bits per heavy atom. The second-order valence-corrected chi connectivity index (χ2v) is 3.48. The molecule has 0 aliphatic rings. The molecule has 15 heavy (non-hydrogen) atoms. The summed E-state index contributed by atoms with van der Waals surface area (Å²) in [7, 11) is 0. The molecule has 0 saturated carbocycles. The molecule has 1 aromatic carbocycles. The van der Waals surface area contributed by atoms with Gasteiger partial charge in [-0.3, -0.25) is 0 Å². The normalized spacial score (nSPS) is 11.6. The van der Waals surface area contributed by atoms with Crippen LogP contribution in [0.1, 0.15) is 11.1 Å². The van der Waals surface area contributed by atoms with Gasteiger partial charge in [-0.05, 0) is 31.0 Å². The van der Waals surface area contributed by atoms with Gasteiger partial charge in [0.05, 0.1) is 5.69 Å². The van der Waals surface area contributed by atoms with Crippen molar-refractivity contribution in [2.45, 2.75) is 20.2 Å². The third kappa shape index (κ3) is 2.68. The first-order chi connectivity index (χ1) is 6.72. The predicted octanol–water partition coefficient (Wildman–Crippen LogP) is 3.44. The lowest BCUT2D eigenvalue weighted by atomic mass is 10.1. The summed E-state index contributed by atoms with van der Waals surface area (Å²) in [6.07, 6.45) is -4.75. The topological polar surface area (TPSA) is 35.2 Å². The van der Waals surface area contributed by atoms with Crippen molar-refractivity contribution >= 4 is 17.3 Å². The molecule has 0 radical (unpaired) electrons. The number of halogens is 4. The Hall–Kier alpha value is -1.10. The fraction of sp³-hybridized carbons (Fsp3) is 0.333. The summed E-state index contributed by atoms with van der Waals surface area (Å²) in [6.45, 7) is 3.07. The SMILES string of the molecule is Cc1c(Cl)cc(N)c(OC(F)(F)F)c1C. The zero-order chi connectivity index (χ0) is 11.8. The minimum atomic E-state index is -4.75.